The molecule has 7 heteroatoms. The van der Waals surface area contributed by atoms with Gasteiger partial charge in [-0.15, -0.1) is 0 Å². The number of ether oxygens (including phenoxy) is 3. The number of piperidine rings is 1. The molecule has 1 N–H and O–H groups in total. The molecule has 4 aliphatic carbocycles. The third-order valence-electron chi connectivity index (χ3n) is 11.3. The molecule has 7 aliphatic rings. The molecule has 194 valence electrons. The maximum atomic E-state index is 13.5. The molecule has 7 nitrogen and oxygen atoms in total. The number of rotatable bonds is 4. The van der Waals surface area contributed by atoms with Gasteiger partial charge in [-0.3, -0.25) is 9.69 Å². The Morgan fingerprint density at radius 3 is 2.72 bits per heavy atom. The van der Waals surface area contributed by atoms with Crippen LogP contribution in [0.1, 0.15) is 56.3 Å². The molecule has 3 aliphatic heterocycles. The maximum Gasteiger partial charge on any atom is 0.338 e. The summed E-state index contributed by atoms with van der Waals surface area (Å²) in [5, 5.41) is 12.6. The molecule has 0 radical (unpaired) electrons. The summed E-state index contributed by atoms with van der Waals surface area (Å²) in [5.41, 5.74) is -1.23. The Morgan fingerprint density at radius 2 is 2.00 bits per heavy atom. The van der Waals surface area contributed by atoms with E-state index in [0.717, 1.165) is 32.4 Å². The maximum absolute atomic E-state index is 13.5. The van der Waals surface area contributed by atoms with E-state index in [4.69, 9.17) is 14.2 Å². The van der Waals surface area contributed by atoms with Crippen molar-refractivity contribution >= 4 is 11.9 Å². The number of hydrogen-bond donors (Lipinski definition) is 1. The second-order valence-electron chi connectivity index (χ2n) is 12.6. The van der Waals surface area contributed by atoms with Gasteiger partial charge >= 0.3 is 11.9 Å². The van der Waals surface area contributed by atoms with Crippen LogP contribution in [0.3, 0.4) is 0 Å². The van der Waals surface area contributed by atoms with Gasteiger partial charge in [-0.05, 0) is 62.1 Å². The van der Waals surface area contributed by atoms with Crippen LogP contribution in [-0.2, 0) is 19.0 Å². The predicted molar refractivity (Wildman–Crippen MR) is 130 cm³/mol. The average Bonchev–Trinajstić information content (AvgIpc) is 2.92. The molecule has 9 bridgehead atoms. The number of aliphatic hydroxyl groups is 1. The molecule has 0 aromatic heterocycles. The summed E-state index contributed by atoms with van der Waals surface area (Å²) in [7, 11) is 1.79. The van der Waals surface area contributed by atoms with Crippen molar-refractivity contribution in [2.24, 2.45) is 34.5 Å². The monoisotopic (exact) mass is 495 g/mol. The van der Waals surface area contributed by atoms with Crippen LogP contribution in [0.5, 0.6) is 0 Å². The van der Waals surface area contributed by atoms with Crippen LogP contribution in [0.15, 0.2) is 30.3 Å². The molecule has 3 heterocycles. The average molecular weight is 496 g/mol. The number of carbonyl (C=O) groups is 2. The van der Waals surface area contributed by atoms with E-state index in [-0.39, 0.29) is 58.8 Å². The summed E-state index contributed by atoms with van der Waals surface area (Å²) in [5.74, 6) is -1.62. The van der Waals surface area contributed by atoms with Crippen molar-refractivity contribution in [3.05, 3.63) is 35.9 Å². The van der Waals surface area contributed by atoms with E-state index in [1.165, 1.54) is 0 Å². The third-order valence-corrected chi connectivity index (χ3v) is 11.3. The molecule has 8 rings (SSSR count). The number of methoxy groups -OCH3 is 1. The van der Waals surface area contributed by atoms with Gasteiger partial charge in [-0.25, -0.2) is 4.79 Å². The van der Waals surface area contributed by atoms with Crippen molar-refractivity contribution in [2.75, 3.05) is 20.2 Å². The number of likely N-dealkylation sites (tertiary alicyclic amines) is 1. The molecule has 1 aromatic rings. The summed E-state index contributed by atoms with van der Waals surface area (Å²) in [6.45, 7) is 6.29. The van der Waals surface area contributed by atoms with Gasteiger partial charge in [-0.2, -0.15) is 0 Å². The van der Waals surface area contributed by atoms with Crippen LogP contribution in [0.2, 0.25) is 0 Å². The van der Waals surface area contributed by atoms with Crippen molar-refractivity contribution in [3.8, 4) is 0 Å². The van der Waals surface area contributed by atoms with Crippen LogP contribution in [0.4, 0.5) is 0 Å². The number of fused-ring (bicyclic) bond motifs is 2. The van der Waals surface area contributed by atoms with Crippen LogP contribution < -0.4 is 0 Å². The number of benzene rings is 1. The van der Waals surface area contributed by atoms with E-state index in [9.17, 15) is 14.7 Å². The van der Waals surface area contributed by atoms with E-state index >= 15 is 0 Å². The largest absolute Gasteiger partial charge is 0.462 e. The lowest BCUT2D eigenvalue weighted by Gasteiger charge is -2.69. The normalized spacial score (nSPS) is 50.4. The fourth-order valence-corrected chi connectivity index (χ4v) is 10.5. The summed E-state index contributed by atoms with van der Waals surface area (Å²) in [6.07, 6.45) is 3.10. The van der Waals surface area contributed by atoms with E-state index in [0.29, 0.717) is 18.4 Å². The molecule has 11 atom stereocenters. The first kappa shape index (κ1) is 23.2. The zero-order valence-corrected chi connectivity index (χ0v) is 21.4. The van der Waals surface area contributed by atoms with Crippen molar-refractivity contribution < 1.29 is 28.9 Å². The minimum Gasteiger partial charge on any atom is -0.462 e. The van der Waals surface area contributed by atoms with E-state index in [2.05, 4.69) is 18.7 Å². The van der Waals surface area contributed by atoms with Gasteiger partial charge in [0.1, 0.15) is 12.2 Å². The van der Waals surface area contributed by atoms with Crippen LogP contribution in [0, 0.1) is 34.5 Å². The summed E-state index contributed by atoms with van der Waals surface area (Å²) in [4.78, 5) is 29.6. The van der Waals surface area contributed by atoms with Gasteiger partial charge in [0.25, 0.3) is 0 Å². The molecule has 3 saturated heterocycles. The van der Waals surface area contributed by atoms with Crippen molar-refractivity contribution in [1.29, 1.82) is 0 Å². The number of esters is 2. The highest BCUT2D eigenvalue weighted by Gasteiger charge is 2.85. The summed E-state index contributed by atoms with van der Waals surface area (Å²) < 4.78 is 18.7. The molecule has 4 saturated carbocycles. The van der Waals surface area contributed by atoms with Crippen LogP contribution in [-0.4, -0.2) is 72.1 Å². The van der Waals surface area contributed by atoms with Gasteiger partial charge in [-0.1, -0.05) is 32.0 Å². The molecule has 0 amide bonds. The Bertz CT molecular complexity index is 1090. The second kappa shape index (κ2) is 7.55. The van der Waals surface area contributed by atoms with Crippen molar-refractivity contribution in [1.82, 2.24) is 4.90 Å². The zero-order chi connectivity index (χ0) is 25.0. The number of nitrogens with zero attached hydrogens (tertiary/aromatic N) is 1. The quantitative estimate of drug-likeness (QED) is 0.643. The smallest absolute Gasteiger partial charge is 0.338 e. The fourth-order valence-electron chi connectivity index (χ4n) is 10.5. The molecular weight excluding hydrogens is 458 g/mol. The van der Waals surface area contributed by atoms with E-state index < -0.39 is 17.6 Å². The molecule has 1 aromatic carbocycles. The van der Waals surface area contributed by atoms with Crippen molar-refractivity contribution in [3.63, 3.8) is 0 Å². The summed E-state index contributed by atoms with van der Waals surface area (Å²) in [6, 6.07) is 9.13. The highest BCUT2D eigenvalue weighted by Crippen LogP contribution is 2.77. The van der Waals surface area contributed by atoms with E-state index in [1.807, 2.05) is 18.2 Å². The van der Waals surface area contributed by atoms with Gasteiger partial charge in [0, 0.05) is 36.9 Å². The molecule has 7 fully saturated rings. The summed E-state index contributed by atoms with van der Waals surface area (Å²) >= 11 is 0. The van der Waals surface area contributed by atoms with Gasteiger partial charge in [0.2, 0.25) is 0 Å². The van der Waals surface area contributed by atoms with Gasteiger partial charge in [0.15, 0.2) is 0 Å². The molecule has 36 heavy (non-hydrogen) atoms. The first-order valence-electron chi connectivity index (χ1n) is 13.8. The van der Waals surface area contributed by atoms with Crippen molar-refractivity contribution in [2.45, 2.75) is 75.9 Å². The number of carbonyl (C=O) groups excluding carboxylic acids is 2. The van der Waals surface area contributed by atoms with Crippen LogP contribution >= 0.6 is 0 Å². The van der Waals surface area contributed by atoms with Gasteiger partial charge < -0.3 is 19.3 Å². The fraction of sp³-hybridized carbons (Fsp3) is 0.724. The minimum atomic E-state index is -1.27. The Kier molecular flexibility index (Phi) is 4.86. The standard InChI is InChI=1S/C29H37NO6/c1-4-30-15-27(2)12-11-19(34-3)29-18-14-17-10-13-28(33,20(18)26(32)35-17)21(24(29)30)22(23(27)29)36-25(31)16-8-6-5-7-9-16/h5-9,17-24,33H,4,10-15H2,1-3H3/t17-,18+,19-,20+,21-,22+,23+,24+,27-,28-,29-/m0/s1. The minimum absolute atomic E-state index is 0.00435. The Balaban J connectivity index is 1.46. The van der Waals surface area contributed by atoms with E-state index in [1.54, 1.807) is 19.2 Å². The third kappa shape index (κ3) is 2.60. The van der Waals surface area contributed by atoms with Crippen LogP contribution in [0.25, 0.3) is 0 Å². The first-order chi connectivity index (χ1) is 17.3. The molecular formula is C29H37NO6. The SMILES string of the molecule is CCN1C[C@]2(C)CC[C@H](OC)[C@@]34[C@@H]5C[C@@H]6CC[C@@](O)([C@@H]([C@@H](OC(=O)c7ccccc7)[C@H]23)[C@@H]14)[C@H]5C(=O)O6. The molecule has 1 spiro atoms. The Morgan fingerprint density at radius 1 is 1.22 bits per heavy atom. The van der Waals surface area contributed by atoms with Gasteiger partial charge in [0.05, 0.1) is 23.2 Å². The lowest BCUT2D eigenvalue weighted by molar-refractivity contribution is -0.269. The highest BCUT2D eigenvalue weighted by molar-refractivity contribution is 5.89. The highest BCUT2D eigenvalue weighted by atomic mass is 16.6. The topological polar surface area (TPSA) is 85.3 Å². The molecule has 0 unspecified atom stereocenters. The number of hydrogen-bond acceptors (Lipinski definition) is 7. The second-order valence-corrected chi connectivity index (χ2v) is 12.6. The zero-order valence-electron chi connectivity index (χ0n) is 21.4. The first-order valence-corrected chi connectivity index (χ1v) is 13.8. The lowest BCUT2D eigenvalue weighted by atomic mass is 9.42. The predicted octanol–water partition coefficient (Wildman–Crippen LogP) is 3.05. The lowest BCUT2D eigenvalue weighted by Crippen LogP contribution is -2.76. The Hall–Kier alpha value is -1.96. The Labute approximate surface area is 212 Å².